The fourth-order valence-electron chi connectivity index (χ4n) is 4.58. The van der Waals surface area contributed by atoms with Crippen molar-refractivity contribution in [3.05, 3.63) is 41.5 Å². The first-order chi connectivity index (χ1) is 14.2. The summed E-state index contributed by atoms with van der Waals surface area (Å²) in [7, 11) is 2.09. The highest BCUT2D eigenvalue weighted by molar-refractivity contribution is 5.95. The van der Waals surface area contributed by atoms with Crippen molar-refractivity contribution in [2.24, 2.45) is 7.05 Å². The Bertz CT molecular complexity index is 881. The topological polar surface area (TPSA) is 57.5 Å². The van der Waals surface area contributed by atoms with E-state index in [0.29, 0.717) is 12.5 Å². The summed E-state index contributed by atoms with van der Waals surface area (Å²) < 4.78 is 2.18. The molecule has 7 heteroatoms. The number of rotatable bonds is 5. The lowest BCUT2D eigenvalue weighted by molar-refractivity contribution is -0.120. The van der Waals surface area contributed by atoms with Gasteiger partial charge in [0.2, 0.25) is 5.91 Å². The molecule has 0 bridgehead atoms. The van der Waals surface area contributed by atoms with Gasteiger partial charge in [0.25, 0.3) is 0 Å². The van der Waals surface area contributed by atoms with Gasteiger partial charge in [0, 0.05) is 51.4 Å². The molecule has 1 saturated carbocycles. The van der Waals surface area contributed by atoms with Gasteiger partial charge in [0.05, 0.1) is 13.1 Å². The maximum atomic E-state index is 13.0. The highest BCUT2D eigenvalue weighted by Crippen LogP contribution is 2.38. The highest BCUT2D eigenvalue weighted by atomic mass is 16.2. The van der Waals surface area contributed by atoms with Crippen molar-refractivity contribution in [3.63, 3.8) is 0 Å². The van der Waals surface area contributed by atoms with Crippen molar-refractivity contribution in [3.8, 4) is 0 Å². The number of para-hydroxylation sites is 1. The number of carbonyl (C=O) groups is 1. The summed E-state index contributed by atoms with van der Waals surface area (Å²) in [6, 6.07) is 8.33. The van der Waals surface area contributed by atoms with E-state index in [1.54, 1.807) is 0 Å². The number of anilines is 1. The summed E-state index contributed by atoms with van der Waals surface area (Å²) in [5.74, 6) is 3.06. The molecule has 5 rings (SSSR count). The Morgan fingerprint density at radius 2 is 1.79 bits per heavy atom. The number of aryl methyl sites for hydroxylation is 1. The third-order valence-electron chi connectivity index (χ3n) is 6.54. The number of aromatic nitrogens is 3. The maximum absolute atomic E-state index is 13.0. The normalized spacial score (nSPS) is 20.7. The first-order valence-corrected chi connectivity index (χ1v) is 10.9. The molecule has 29 heavy (non-hydrogen) atoms. The van der Waals surface area contributed by atoms with Crippen molar-refractivity contribution < 1.29 is 4.79 Å². The minimum Gasteiger partial charge on any atom is -0.317 e. The molecule has 0 radical (unpaired) electrons. The van der Waals surface area contributed by atoms with Gasteiger partial charge in [-0.2, -0.15) is 0 Å². The molecule has 3 aliphatic rings. The molecular formula is C22H30N6O. The number of benzene rings is 1. The average Bonchev–Trinajstić information content (AvgIpc) is 3.53. The third-order valence-corrected chi connectivity index (χ3v) is 6.54. The summed E-state index contributed by atoms with van der Waals surface area (Å²) in [5.41, 5.74) is 2.40. The van der Waals surface area contributed by atoms with E-state index in [1.807, 2.05) is 11.0 Å². The van der Waals surface area contributed by atoms with Crippen molar-refractivity contribution in [2.75, 3.05) is 44.2 Å². The van der Waals surface area contributed by atoms with Gasteiger partial charge in [-0.1, -0.05) is 18.2 Å². The summed E-state index contributed by atoms with van der Waals surface area (Å²) in [6.07, 6.45) is 4.63. The number of amides is 1. The molecule has 1 amide bonds. The first-order valence-electron chi connectivity index (χ1n) is 10.9. The zero-order chi connectivity index (χ0) is 19.8. The predicted molar refractivity (Wildman–Crippen MR) is 112 cm³/mol. The van der Waals surface area contributed by atoms with Crippen LogP contribution < -0.4 is 4.90 Å². The van der Waals surface area contributed by atoms with Crippen molar-refractivity contribution in [1.29, 1.82) is 0 Å². The Labute approximate surface area is 172 Å². The minimum atomic E-state index is 0.230. The maximum Gasteiger partial charge on any atom is 0.241 e. The summed E-state index contributed by atoms with van der Waals surface area (Å²) >= 11 is 0. The van der Waals surface area contributed by atoms with E-state index in [4.69, 9.17) is 0 Å². The van der Waals surface area contributed by atoms with Crippen LogP contribution in [-0.4, -0.2) is 69.7 Å². The Morgan fingerprint density at radius 3 is 2.59 bits per heavy atom. The molecule has 0 spiro atoms. The number of nitrogens with zero attached hydrogens (tertiary/aromatic N) is 6. The van der Waals surface area contributed by atoms with Gasteiger partial charge in [-0.25, -0.2) is 0 Å². The number of carbonyl (C=O) groups excluding carboxylic acids is 1. The molecule has 3 heterocycles. The second kappa shape index (κ2) is 7.88. The molecule has 1 aromatic carbocycles. The average molecular weight is 395 g/mol. The number of piperazine rings is 1. The van der Waals surface area contributed by atoms with E-state index in [9.17, 15) is 4.79 Å². The zero-order valence-corrected chi connectivity index (χ0v) is 17.3. The first kappa shape index (κ1) is 18.8. The molecule has 7 nitrogen and oxygen atoms in total. The van der Waals surface area contributed by atoms with Gasteiger partial charge >= 0.3 is 0 Å². The van der Waals surface area contributed by atoms with E-state index in [1.165, 1.54) is 18.4 Å². The Kier molecular flexibility index (Phi) is 5.09. The molecule has 2 fully saturated rings. The van der Waals surface area contributed by atoms with Crippen LogP contribution in [0.5, 0.6) is 0 Å². The molecule has 154 valence electrons. The quantitative estimate of drug-likeness (QED) is 0.774. The summed E-state index contributed by atoms with van der Waals surface area (Å²) in [5, 5.41) is 8.81. The van der Waals surface area contributed by atoms with E-state index >= 15 is 0 Å². The third kappa shape index (κ3) is 3.94. The van der Waals surface area contributed by atoms with Crippen molar-refractivity contribution in [2.45, 2.75) is 38.1 Å². The Hall–Kier alpha value is -2.25. The van der Waals surface area contributed by atoms with Crippen molar-refractivity contribution in [1.82, 2.24) is 24.6 Å². The lowest BCUT2D eigenvalue weighted by atomic mass is 10.0. The largest absolute Gasteiger partial charge is 0.317 e. The van der Waals surface area contributed by atoms with Gasteiger partial charge < -0.3 is 9.47 Å². The van der Waals surface area contributed by atoms with Crippen LogP contribution in [-0.2, 0) is 24.8 Å². The molecule has 0 N–H and O–H groups in total. The standard InChI is InChI=1S/C22H30N6O/c1-25-20(23-24-22(25)18-8-9-18)15-26-11-13-27(14-12-26)16-21(29)28-10-4-6-17-5-2-3-7-19(17)28/h2-3,5,7,18H,4,6,8-16H2,1H3. The van der Waals surface area contributed by atoms with E-state index in [0.717, 1.165) is 69.4 Å². The Balaban J connectivity index is 1.14. The van der Waals surface area contributed by atoms with Gasteiger partial charge in [0.15, 0.2) is 0 Å². The molecule has 0 unspecified atom stereocenters. The lowest BCUT2D eigenvalue weighted by Crippen LogP contribution is -2.50. The van der Waals surface area contributed by atoms with Crippen LogP contribution in [0.1, 0.15) is 42.4 Å². The molecule has 2 aliphatic heterocycles. The number of fused-ring (bicyclic) bond motifs is 1. The van der Waals surface area contributed by atoms with Crippen LogP contribution in [0, 0.1) is 0 Å². The predicted octanol–water partition coefficient (Wildman–Crippen LogP) is 1.79. The van der Waals surface area contributed by atoms with E-state index < -0.39 is 0 Å². The second-order valence-electron chi connectivity index (χ2n) is 8.64. The second-order valence-corrected chi connectivity index (χ2v) is 8.64. The monoisotopic (exact) mass is 394 g/mol. The van der Waals surface area contributed by atoms with Crippen LogP contribution >= 0.6 is 0 Å². The highest BCUT2D eigenvalue weighted by Gasteiger charge is 2.30. The van der Waals surface area contributed by atoms with Crippen LogP contribution in [0.2, 0.25) is 0 Å². The smallest absolute Gasteiger partial charge is 0.241 e. The molecule has 0 atom stereocenters. The lowest BCUT2D eigenvalue weighted by Gasteiger charge is -2.36. The number of hydrogen-bond acceptors (Lipinski definition) is 5. The van der Waals surface area contributed by atoms with E-state index in [2.05, 4.69) is 49.8 Å². The van der Waals surface area contributed by atoms with E-state index in [-0.39, 0.29) is 5.91 Å². The minimum absolute atomic E-state index is 0.230. The van der Waals surface area contributed by atoms with Crippen molar-refractivity contribution >= 4 is 11.6 Å². The van der Waals surface area contributed by atoms with Gasteiger partial charge in [-0.05, 0) is 37.3 Å². The summed E-state index contributed by atoms with van der Waals surface area (Å²) in [4.78, 5) is 19.7. The van der Waals surface area contributed by atoms with Crippen LogP contribution in [0.25, 0.3) is 0 Å². The molecular weight excluding hydrogens is 364 g/mol. The zero-order valence-electron chi connectivity index (χ0n) is 17.3. The SMILES string of the molecule is Cn1c(CN2CCN(CC(=O)N3CCCc4ccccc43)CC2)nnc1C1CC1. The van der Waals surface area contributed by atoms with Crippen LogP contribution in [0.15, 0.2) is 24.3 Å². The Morgan fingerprint density at radius 1 is 1.03 bits per heavy atom. The number of hydrogen-bond donors (Lipinski definition) is 0. The fraction of sp³-hybridized carbons (Fsp3) is 0.591. The van der Waals surface area contributed by atoms with Gasteiger partial charge in [0.1, 0.15) is 11.6 Å². The van der Waals surface area contributed by atoms with Crippen LogP contribution in [0.4, 0.5) is 5.69 Å². The fourth-order valence-corrected chi connectivity index (χ4v) is 4.58. The summed E-state index contributed by atoms with van der Waals surface area (Å²) in [6.45, 7) is 5.98. The van der Waals surface area contributed by atoms with Gasteiger partial charge in [-0.3, -0.25) is 14.6 Å². The molecule has 1 aromatic heterocycles. The molecule has 1 saturated heterocycles. The molecule has 1 aliphatic carbocycles. The van der Waals surface area contributed by atoms with Gasteiger partial charge in [-0.15, -0.1) is 10.2 Å². The van der Waals surface area contributed by atoms with Crippen LogP contribution in [0.3, 0.4) is 0 Å². The molecule has 2 aromatic rings.